The van der Waals surface area contributed by atoms with Gasteiger partial charge in [0.2, 0.25) is 0 Å². The zero-order valence-corrected chi connectivity index (χ0v) is 11.3. The first-order valence-electron chi connectivity index (χ1n) is 6.81. The Balaban J connectivity index is 1.84. The normalized spacial score (nSPS) is 25.5. The summed E-state index contributed by atoms with van der Waals surface area (Å²) in [6.07, 6.45) is 1.32. The number of carbonyl (C=O) groups excluding carboxylic acids is 2. The van der Waals surface area contributed by atoms with Crippen molar-refractivity contribution in [3.63, 3.8) is 0 Å². The standard InChI is InChI=1S/C14H15F2N3O2/c15-10-2-3-11(16)9(6-10)7-19-12(20)14(18-13(19)21)4-1-5-17-8-14/h2-3,6,17H,1,4-5,7-8H2,(H,18,21). The maximum absolute atomic E-state index is 13.7. The van der Waals surface area contributed by atoms with Crippen LogP contribution >= 0.6 is 0 Å². The molecule has 2 saturated heterocycles. The van der Waals surface area contributed by atoms with E-state index in [0.717, 1.165) is 36.1 Å². The van der Waals surface area contributed by atoms with E-state index in [9.17, 15) is 18.4 Å². The highest BCUT2D eigenvalue weighted by Crippen LogP contribution is 2.26. The van der Waals surface area contributed by atoms with Crippen molar-refractivity contribution in [2.45, 2.75) is 24.9 Å². The van der Waals surface area contributed by atoms with Gasteiger partial charge in [-0.05, 0) is 37.6 Å². The van der Waals surface area contributed by atoms with Crippen LogP contribution in [0.4, 0.5) is 13.6 Å². The molecule has 21 heavy (non-hydrogen) atoms. The van der Waals surface area contributed by atoms with Crippen LogP contribution in [0.3, 0.4) is 0 Å². The van der Waals surface area contributed by atoms with E-state index in [4.69, 9.17) is 0 Å². The Bertz CT molecular complexity index is 600. The smallest absolute Gasteiger partial charge is 0.322 e. The van der Waals surface area contributed by atoms with E-state index in [1.54, 1.807) is 0 Å². The highest BCUT2D eigenvalue weighted by atomic mass is 19.1. The molecule has 1 aromatic rings. The Hall–Kier alpha value is -2.02. The fraction of sp³-hybridized carbons (Fsp3) is 0.429. The number of urea groups is 1. The van der Waals surface area contributed by atoms with Crippen molar-refractivity contribution in [2.24, 2.45) is 0 Å². The average Bonchev–Trinajstić information content (AvgIpc) is 2.68. The third kappa shape index (κ3) is 2.37. The summed E-state index contributed by atoms with van der Waals surface area (Å²) < 4.78 is 26.8. The topological polar surface area (TPSA) is 61.4 Å². The SMILES string of the molecule is O=C1NC2(CCCNC2)C(=O)N1Cc1cc(F)ccc1F. The minimum atomic E-state index is -0.945. The monoisotopic (exact) mass is 295 g/mol. The highest BCUT2D eigenvalue weighted by molar-refractivity contribution is 6.07. The second kappa shape index (κ2) is 5.07. The lowest BCUT2D eigenvalue weighted by atomic mass is 9.90. The fourth-order valence-corrected chi connectivity index (χ4v) is 2.85. The van der Waals surface area contributed by atoms with Gasteiger partial charge in [0, 0.05) is 12.1 Å². The minimum absolute atomic E-state index is 0.0145. The van der Waals surface area contributed by atoms with Crippen LogP contribution in [-0.2, 0) is 11.3 Å². The van der Waals surface area contributed by atoms with Crippen LogP contribution in [0.25, 0.3) is 0 Å². The number of hydrogen-bond acceptors (Lipinski definition) is 3. The van der Waals surface area contributed by atoms with E-state index in [0.29, 0.717) is 13.0 Å². The summed E-state index contributed by atoms with van der Waals surface area (Å²) >= 11 is 0. The largest absolute Gasteiger partial charge is 0.325 e. The minimum Gasteiger partial charge on any atom is -0.322 e. The number of piperidine rings is 1. The predicted octanol–water partition coefficient (Wildman–Crippen LogP) is 1.14. The number of imide groups is 1. The molecule has 1 atom stereocenters. The van der Waals surface area contributed by atoms with Gasteiger partial charge in [-0.1, -0.05) is 0 Å². The first-order chi connectivity index (χ1) is 10.0. The molecule has 0 aliphatic carbocycles. The van der Waals surface area contributed by atoms with Crippen LogP contribution in [0.5, 0.6) is 0 Å². The molecule has 0 aromatic heterocycles. The summed E-state index contributed by atoms with van der Waals surface area (Å²) in [6.45, 7) is 0.888. The molecule has 1 unspecified atom stereocenters. The number of nitrogens with zero attached hydrogens (tertiary/aromatic N) is 1. The zero-order valence-electron chi connectivity index (χ0n) is 11.3. The molecular weight excluding hydrogens is 280 g/mol. The molecule has 112 valence electrons. The summed E-state index contributed by atoms with van der Waals surface area (Å²) in [5.41, 5.74) is -0.960. The van der Waals surface area contributed by atoms with E-state index in [1.807, 2.05) is 0 Å². The van der Waals surface area contributed by atoms with Gasteiger partial charge in [-0.2, -0.15) is 0 Å². The molecule has 2 heterocycles. The van der Waals surface area contributed by atoms with Gasteiger partial charge >= 0.3 is 6.03 Å². The van der Waals surface area contributed by atoms with Crippen molar-refractivity contribution in [3.8, 4) is 0 Å². The van der Waals surface area contributed by atoms with Gasteiger partial charge in [0.1, 0.15) is 17.2 Å². The quantitative estimate of drug-likeness (QED) is 0.804. The molecule has 2 aliphatic rings. The average molecular weight is 295 g/mol. The second-order valence-corrected chi connectivity index (χ2v) is 5.42. The zero-order chi connectivity index (χ0) is 15.0. The molecule has 1 aromatic carbocycles. The molecule has 2 fully saturated rings. The van der Waals surface area contributed by atoms with E-state index >= 15 is 0 Å². The lowest BCUT2D eigenvalue weighted by Gasteiger charge is -2.31. The Kier molecular flexibility index (Phi) is 3.36. The van der Waals surface area contributed by atoms with Crippen LogP contribution in [0.1, 0.15) is 18.4 Å². The number of benzene rings is 1. The van der Waals surface area contributed by atoms with E-state index in [1.165, 1.54) is 0 Å². The first kappa shape index (κ1) is 13.9. The summed E-state index contributed by atoms with van der Waals surface area (Å²) in [6, 6.07) is 2.42. The third-order valence-electron chi connectivity index (χ3n) is 3.97. The van der Waals surface area contributed by atoms with Crippen molar-refractivity contribution >= 4 is 11.9 Å². The highest BCUT2D eigenvalue weighted by Gasteiger charge is 2.51. The summed E-state index contributed by atoms with van der Waals surface area (Å²) in [7, 11) is 0. The molecule has 3 rings (SSSR count). The van der Waals surface area contributed by atoms with Gasteiger partial charge in [0.25, 0.3) is 5.91 Å². The van der Waals surface area contributed by atoms with Crippen LogP contribution in [0.15, 0.2) is 18.2 Å². The number of amides is 3. The van der Waals surface area contributed by atoms with Crippen LogP contribution in [0.2, 0.25) is 0 Å². The van der Waals surface area contributed by atoms with Gasteiger partial charge in [0.15, 0.2) is 0 Å². The fourth-order valence-electron chi connectivity index (χ4n) is 2.85. The number of hydrogen-bond donors (Lipinski definition) is 2. The van der Waals surface area contributed by atoms with E-state index < -0.39 is 23.2 Å². The Labute approximate surface area is 120 Å². The molecule has 5 nitrogen and oxygen atoms in total. The molecule has 2 aliphatic heterocycles. The van der Waals surface area contributed by atoms with Crippen molar-refractivity contribution in [1.82, 2.24) is 15.5 Å². The van der Waals surface area contributed by atoms with Crippen molar-refractivity contribution in [2.75, 3.05) is 13.1 Å². The van der Waals surface area contributed by atoms with Crippen molar-refractivity contribution < 1.29 is 18.4 Å². The van der Waals surface area contributed by atoms with Crippen LogP contribution < -0.4 is 10.6 Å². The number of rotatable bonds is 2. The maximum Gasteiger partial charge on any atom is 0.325 e. The lowest BCUT2D eigenvalue weighted by molar-refractivity contribution is -0.132. The van der Waals surface area contributed by atoms with E-state index in [2.05, 4.69) is 10.6 Å². The number of nitrogens with one attached hydrogen (secondary N) is 2. The Morgan fingerprint density at radius 2 is 2.10 bits per heavy atom. The molecule has 3 amide bonds. The van der Waals surface area contributed by atoms with Gasteiger partial charge < -0.3 is 10.6 Å². The maximum atomic E-state index is 13.7. The summed E-state index contributed by atoms with van der Waals surface area (Å²) in [5, 5.41) is 5.76. The lowest BCUT2D eigenvalue weighted by Crippen LogP contribution is -2.57. The number of carbonyl (C=O) groups is 2. The molecule has 0 saturated carbocycles. The molecule has 0 radical (unpaired) electrons. The van der Waals surface area contributed by atoms with Crippen LogP contribution in [0, 0.1) is 11.6 Å². The molecule has 0 bridgehead atoms. The van der Waals surface area contributed by atoms with Gasteiger partial charge in [-0.25, -0.2) is 13.6 Å². The summed E-state index contributed by atoms with van der Waals surface area (Å²) in [5.74, 6) is -1.63. The number of halogens is 2. The van der Waals surface area contributed by atoms with E-state index in [-0.39, 0.29) is 18.0 Å². The van der Waals surface area contributed by atoms with Crippen molar-refractivity contribution in [3.05, 3.63) is 35.4 Å². The molecule has 2 N–H and O–H groups in total. The second-order valence-electron chi connectivity index (χ2n) is 5.42. The van der Waals surface area contributed by atoms with Gasteiger partial charge in [-0.3, -0.25) is 9.69 Å². The third-order valence-corrected chi connectivity index (χ3v) is 3.97. The van der Waals surface area contributed by atoms with Gasteiger partial charge in [0.05, 0.1) is 6.54 Å². The Morgan fingerprint density at radius 3 is 2.81 bits per heavy atom. The Morgan fingerprint density at radius 1 is 1.29 bits per heavy atom. The molecular formula is C14H15F2N3O2. The molecule has 1 spiro atoms. The summed E-state index contributed by atoms with van der Waals surface area (Å²) in [4.78, 5) is 25.4. The van der Waals surface area contributed by atoms with Crippen molar-refractivity contribution in [1.29, 1.82) is 0 Å². The van der Waals surface area contributed by atoms with Gasteiger partial charge in [-0.15, -0.1) is 0 Å². The van der Waals surface area contributed by atoms with Crippen LogP contribution in [-0.4, -0.2) is 35.5 Å². The molecule has 7 heteroatoms. The first-order valence-corrected chi connectivity index (χ1v) is 6.81. The predicted molar refractivity (Wildman–Crippen MR) is 70.3 cm³/mol.